The average molecular weight is 292 g/mol. The molecule has 0 saturated heterocycles. The molecule has 18 heavy (non-hydrogen) atoms. The van der Waals surface area contributed by atoms with Crippen LogP contribution in [0.25, 0.3) is 0 Å². The van der Waals surface area contributed by atoms with Gasteiger partial charge in [0.2, 0.25) is 5.91 Å². The molecule has 1 rings (SSSR count). The van der Waals surface area contributed by atoms with E-state index in [0.29, 0.717) is 5.69 Å². The summed E-state index contributed by atoms with van der Waals surface area (Å²) in [5.74, 6) is -1.10. The third kappa shape index (κ3) is 3.78. The summed E-state index contributed by atoms with van der Waals surface area (Å²) in [4.78, 5) is 22.9. The van der Waals surface area contributed by atoms with E-state index in [1.807, 2.05) is 0 Å². The number of nitrogens with one attached hydrogen (secondary N) is 1. The molecule has 0 fully saturated rings. The van der Waals surface area contributed by atoms with E-state index in [9.17, 15) is 9.59 Å². The summed E-state index contributed by atoms with van der Waals surface area (Å²) in [7, 11) is 0. The smallest absolute Gasteiger partial charge is 0.253 e. The summed E-state index contributed by atoms with van der Waals surface area (Å²) >= 11 is 5.88. The highest BCUT2D eigenvalue weighted by Crippen LogP contribution is 2.19. The summed E-state index contributed by atoms with van der Waals surface area (Å²) in [5.41, 5.74) is 10.2. The van der Waals surface area contributed by atoms with Crippen molar-refractivity contribution in [2.75, 3.05) is 5.73 Å². The zero-order valence-corrected chi connectivity index (χ0v) is 11.6. The number of carbonyl (C=O) groups excluding carboxylic acids is 2. The molecule has 5 N–H and O–H groups in total. The summed E-state index contributed by atoms with van der Waals surface area (Å²) in [6, 6.07) is 4.51. The number of halogens is 2. The monoisotopic (exact) mass is 291 g/mol. The first kappa shape index (κ1) is 16.5. The number of carbonyl (C=O) groups is 2. The van der Waals surface area contributed by atoms with Crippen LogP contribution in [0.3, 0.4) is 0 Å². The average Bonchev–Trinajstić information content (AvgIpc) is 2.15. The molecule has 0 atom stereocenters. The Hall–Kier alpha value is -1.46. The molecule has 0 saturated carbocycles. The second-order valence-corrected chi connectivity index (χ2v) is 4.59. The van der Waals surface area contributed by atoms with E-state index in [-0.39, 0.29) is 23.0 Å². The molecular formula is C11H15Cl2N3O2. The molecule has 0 bridgehead atoms. The highest BCUT2D eigenvalue weighted by Gasteiger charge is 2.27. The standard InChI is InChI=1S/C11H14ClN3O2.ClH/c1-11(2,10(14)17)15-9(16)7-4-3-6(13)5-8(7)12;/h3-5H,13H2,1-2H3,(H2,14,17)(H,15,16);1H. The van der Waals surface area contributed by atoms with Gasteiger partial charge in [0.25, 0.3) is 5.91 Å². The van der Waals surface area contributed by atoms with Crippen molar-refractivity contribution in [1.82, 2.24) is 5.32 Å². The Morgan fingerprint density at radius 1 is 1.33 bits per heavy atom. The fourth-order valence-electron chi connectivity index (χ4n) is 1.13. The SMILES string of the molecule is CC(C)(NC(=O)c1ccc(N)cc1Cl)C(N)=O.Cl. The van der Waals surface area contributed by atoms with Crippen LogP contribution in [-0.4, -0.2) is 17.4 Å². The van der Waals surface area contributed by atoms with E-state index in [4.69, 9.17) is 23.1 Å². The Balaban J connectivity index is 0.00000289. The minimum atomic E-state index is -1.14. The minimum Gasteiger partial charge on any atom is -0.399 e. The number of hydrogen-bond donors (Lipinski definition) is 3. The minimum absolute atomic E-state index is 0. The molecule has 0 aromatic heterocycles. The Kier molecular flexibility index (Phi) is 5.45. The number of primary amides is 1. The third-order valence-corrected chi connectivity index (χ3v) is 2.59. The highest BCUT2D eigenvalue weighted by atomic mass is 35.5. The molecule has 0 radical (unpaired) electrons. The van der Waals surface area contributed by atoms with Crippen molar-refractivity contribution in [2.24, 2.45) is 5.73 Å². The van der Waals surface area contributed by atoms with Gasteiger partial charge in [0.05, 0.1) is 10.6 Å². The van der Waals surface area contributed by atoms with Crippen molar-refractivity contribution >= 4 is 41.5 Å². The number of amides is 2. The van der Waals surface area contributed by atoms with Crippen LogP contribution in [0, 0.1) is 0 Å². The molecule has 0 unspecified atom stereocenters. The fourth-order valence-corrected chi connectivity index (χ4v) is 1.40. The van der Waals surface area contributed by atoms with Gasteiger partial charge in [-0.3, -0.25) is 9.59 Å². The van der Waals surface area contributed by atoms with Gasteiger partial charge < -0.3 is 16.8 Å². The summed E-state index contributed by atoms with van der Waals surface area (Å²) in [6.45, 7) is 3.02. The third-order valence-electron chi connectivity index (χ3n) is 2.28. The molecule has 1 aromatic carbocycles. The first-order valence-corrected chi connectivity index (χ1v) is 5.29. The normalized spacial score (nSPS) is 10.4. The van der Waals surface area contributed by atoms with Gasteiger partial charge in [-0.05, 0) is 32.0 Å². The van der Waals surface area contributed by atoms with E-state index in [1.165, 1.54) is 26.0 Å². The van der Waals surface area contributed by atoms with Crippen LogP contribution in [0.2, 0.25) is 5.02 Å². The predicted molar refractivity (Wildman–Crippen MR) is 73.9 cm³/mol. The predicted octanol–water partition coefficient (Wildman–Crippen LogP) is 1.34. The lowest BCUT2D eigenvalue weighted by molar-refractivity contribution is -0.122. The number of nitrogens with two attached hydrogens (primary N) is 2. The van der Waals surface area contributed by atoms with Crippen LogP contribution < -0.4 is 16.8 Å². The zero-order chi connectivity index (χ0) is 13.2. The molecule has 2 amide bonds. The number of rotatable bonds is 3. The van der Waals surface area contributed by atoms with Crippen molar-refractivity contribution in [3.05, 3.63) is 28.8 Å². The second-order valence-electron chi connectivity index (χ2n) is 4.18. The number of hydrogen-bond acceptors (Lipinski definition) is 3. The number of nitrogen functional groups attached to an aromatic ring is 1. The lowest BCUT2D eigenvalue weighted by atomic mass is 10.0. The Morgan fingerprint density at radius 3 is 2.33 bits per heavy atom. The van der Waals surface area contributed by atoms with Crippen LogP contribution in [0.1, 0.15) is 24.2 Å². The van der Waals surface area contributed by atoms with Crippen molar-refractivity contribution < 1.29 is 9.59 Å². The van der Waals surface area contributed by atoms with Crippen LogP contribution in [-0.2, 0) is 4.79 Å². The molecular weight excluding hydrogens is 277 g/mol. The van der Waals surface area contributed by atoms with Gasteiger partial charge in [-0.25, -0.2) is 0 Å². The number of benzene rings is 1. The van der Waals surface area contributed by atoms with Gasteiger partial charge in [0.1, 0.15) is 5.54 Å². The second kappa shape index (κ2) is 5.93. The van der Waals surface area contributed by atoms with E-state index in [1.54, 1.807) is 6.07 Å². The van der Waals surface area contributed by atoms with Gasteiger partial charge in [0.15, 0.2) is 0 Å². The summed E-state index contributed by atoms with van der Waals surface area (Å²) in [5, 5.41) is 2.72. The highest BCUT2D eigenvalue weighted by molar-refractivity contribution is 6.34. The van der Waals surface area contributed by atoms with E-state index < -0.39 is 17.4 Å². The van der Waals surface area contributed by atoms with Gasteiger partial charge in [-0.2, -0.15) is 0 Å². The first-order chi connectivity index (χ1) is 7.74. The van der Waals surface area contributed by atoms with Crippen molar-refractivity contribution in [2.45, 2.75) is 19.4 Å². The maximum atomic E-state index is 11.9. The van der Waals surface area contributed by atoms with Crippen LogP contribution in [0.15, 0.2) is 18.2 Å². The van der Waals surface area contributed by atoms with Gasteiger partial charge in [0, 0.05) is 5.69 Å². The zero-order valence-electron chi connectivity index (χ0n) is 9.99. The molecule has 7 heteroatoms. The van der Waals surface area contributed by atoms with Crippen LogP contribution in [0.5, 0.6) is 0 Å². The van der Waals surface area contributed by atoms with Gasteiger partial charge in [-0.1, -0.05) is 11.6 Å². The summed E-state index contributed by atoms with van der Waals surface area (Å²) in [6.07, 6.45) is 0. The van der Waals surface area contributed by atoms with Crippen LogP contribution >= 0.6 is 24.0 Å². The maximum absolute atomic E-state index is 11.9. The Bertz CT molecular complexity index is 475. The molecule has 5 nitrogen and oxygen atoms in total. The van der Waals surface area contributed by atoms with Crippen molar-refractivity contribution in [3.63, 3.8) is 0 Å². The van der Waals surface area contributed by atoms with Crippen molar-refractivity contribution in [3.8, 4) is 0 Å². The molecule has 0 aliphatic rings. The molecule has 100 valence electrons. The molecule has 0 aliphatic heterocycles. The quantitative estimate of drug-likeness (QED) is 0.733. The fraction of sp³-hybridized carbons (Fsp3) is 0.273. The molecule has 0 spiro atoms. The van der Waals surface area contributed by atoms with E-state index in [2.05, 4.69) is 5.32 Å². The molecule has 0 aliphatic carbocycles. The largest absolute Gasteiger partial charge is 0.399 e. The maximum Gasteiger partial charge on any atom is 0.253 e. The number of anilines is 1. The Morgan fingerprint density at radius 2 is 1.89 bits per heavy atom. The topological polar surface area (TPSA) is 98.2 Å². The van der Waals surface area contributed by atoms with Crippen LogP contribution in [0.4, 0.5) is 5.69 Å². The van der Waals surface area contributed by atoms with Gasteiger partial charge >= 0.3 is 0 Å². The Labute approximate surface area is 116 Å². The summed E-state index contributed by atoms with van der Waals surface area (Å²) < 4.78 is 0. The van der Waals surface area contributed by atoms with E-state index >= 15 is 0 Å². The first-order valence-electron chi connectivity index (χ1n) is 4.91. The van der Waals surface area contributed by atoms with E-state index in [0.717, 1.165) is 0 Å². The molecule has 0 heterocycles. The molecule has 1 aromatic rings. The van der Waals surface area contributed by atoms with Gasteiger partial charge in [-0.15, -0.1) is 12.4 Å². The lowest BCUT2D eigenvalue weighted by Crippen LogP contribution is -2.53. The lowest BCUT2D eigenvalue weighted by Gasteiger charge is -2.22. The van der Waals surface area contributed by atoms with Crippen molar-refractivity contribution in [1.29, 1.82) is 0 Å².